The molecule has 0 amide bonds. The molecule has 0 saturated heterocycles. The Bertz CT molecular complexity index is 241. The second kappa shape index (κ2) is 7.17. The van der Waals surface area contributed by atoms with Gasteiger partial charge in [-0.05, 0) is 44.4 Å². The van der Waals surface area contributed by atoms with Gasteiger partial charge in [-0.2, -0.15) is 0 Å². The lowest BCUT2D eigenvalue weighted by atomic mass is 9.79. The standard InChI is InChI=1S/C15H28N2/c16-17-15(14-11-7-4-8-12-14)13-9-5-2-1-3-6-10-13/h9,14-15,17H,1-8,10-12,16H2. The molecule has 1 saturated carbocycles. The summed E-state index contributed by atoms with van der Waals surface area (Å²) < 4.78 is 0. The molecular formula is C15H28N2. The van der Waals surface area contributed by atoms with Gasteiger partial charge in [0, 0.05) is 6.04 Å². The van der Waals surface area contributed by atoms with Gasteiger partial charge in [-0.3, -0.25) is 11.3 Å². The molecule has 0 aromatic heterocycles. The van der Waals surface area contributed by atoms with Crippen molar-refractivity contribution >= 4 is 0 Å². The van der Waals surface area contributed by atoms with E-state index in [0.717, 1.165) is 5.92 Å². The highest BCUT2D eigenvalue weighted by molar-refractivity contribution is 5.13. The third-order valence-electron chi connectivity index (χ3n) is 4.53. The largest absolute Gasteiger partial charge is 0.271 e. The number of nitrogens with one attached hydrogen (secondary N) is 1. The highest BCUT2D eigenvalue weighted by atomic mass is 15.2. The monoisotopic (exact) mass is 236 g/mol. The van der Waals surface area contributed by atoms with Crippen LogP contribution in [0.5, 0.6) is 0 Å². The number of rotatable bonds is 3. The van der Waals surface area contributed by atoms with E-state index in [2.05, 4.69) is 11.5 Å². The lowest BCUT2D eigenvalue weighted by molar-refractivity contribution is 0.289. The van der Waals surface area contributed by atoms with E-state index in [1.165, 1.54) is 70.6 Å². The number of nitrogens with two attached hydrogens (primary N) is 1. The molecule has 1 fully saturated rings. The van der Waals surface area contributed by atoms with E-state index in [9.17, 15) is 0 Å². The third kappa shape index (κ3) is 3.82. The van der Waals surface area contributed by atoms with Gasteiger partial charge in [0.1, 0.15) is 0 Å². The Hall–Kier alpha value is -0.340. The quantitative estimate of drug-likeness (QED) is 0.446. The lowest BCUT2D eigenvalue weighted by Crippen LogP contribution is -2.43. The molecule has 2 nitrogen and oxygen atoms in total. The Morgan fingerprint density at radius 1 is 1.00 bits per heavy atom. The molecule has 0 radical (unpaired) electrons. The minimum Gasteiger partial charge on any atom is -0.271 e. The summed E-state index contributed by atoms with van der Waals surface area (Å²) in [6.07, 6.45) is 17.5. The molecule has 2 heteroatoms. The fraction of sp³-hybridized carbons (Fsp3) is 0.867. The first-order valence-electron chi connectivity index (χ1n) is 7.57. The molecule has 0 bridgehead atoms. The zero-order chi connectivity index (χ0) is 11.9. The molecule has 17 heavy (non-hydrogen) atoms. The van der Waals surface area contributed by atoms with E-state index < -0.39 is 0 Å². The SMILES string of the molecule is NNC(C1=CCCCCCC1)C1CCCCC1. The lowest BCUT2D eigenvalue weighted by Gasteiger charge is -2.32. The van der Waals surface area contributed by atoms with Gasteiger partial charge >= 0.3 is 0 Å². The Labute approximate surface area is 106 Å². The highest BCUT2D eigenvalue weighted by Crippen LogP contribution is 2.31. The van der Waals surface area contributed by atoms with Crippen molar-refractivity contribution in [1.29, 1.82) is 0 Å². The predicted octanol–water partition coefficient (Wildman–Crippen LogP) is 3.68. The van der Waals surface area contributed by atoms with E-state index >= 15 is 0 Å². The van der Waals surface area contributed by atoms with Gasteiger partial charge in [0.05, 0.1) is 0 Å². The van der Waals surface area contributed by atoms with Crippen LogP contribution in [0, 0.1) is 5.92 Å². The molecule has 0 aliphatic heterocycles. The average molecular weight is 236 g/mol. The maximum absolute atomic E-state index is 5.83. The first kappa shape index (κ1) is 13.1. The first-order valence-corrected chi connectivity index (χ1v) is 7.57. The molecule has 0 aromatic carbocycles. The van der Waals surface area contributed by atoms with E-state index in [0.29, 0.717) is 6.04 Å². The zero-order valence-corrected chi connectivity index (χ0v) is 11.1. The maximum atomic E-state index is 5.83. The van der Waals surface area contributed by atoms with Crippen LogP contribution in [0.25, 0.3) is 0 Å². The summed E-state index contributed by atoms with van der Waals surface area (Å²) in [6, 6.07) is 0.466. The highest BCUT2D eigenvalue weighted by Gasteiger charge is 2.25. The Kier molecular flexibility index (Phi) is 5.53. The second-order valence-corrected chi connectivity index (χ2v) is 5.77. The number of hydrogen-bond acceptors (Lipinski definition) is 2. The summed E-state index contributed by atoms with van der Waals surface area (Å²) in [7, 11) is 0. The Morgan fingerprint density at radius 2 is 1.71 bits per heavy atom. The fourth-order valence-corrected chi connectivity index (χ4v) is 3.51. The predicted molar refractivity (Wildman–Crippen MR) is 73.5 cm³/mol. The molecule has 2 aliphatic carbocycles. The Morgan fingerprint density at radius 3 is 2.47 bits per heavy atom. The topological polar surface area (TPSA) is 38.0 Å². The van der Waals surface area contributed by atoms with E-state index in [-0.39, 0.29) is 0 Å². The summed E-state index contributed by atoms with van der Waals surface area (Å²) in [5.74, 6) is 6.62. The van der Waals surface area contributed by atoms with Crippen LogP contribution in [0.4, 0.5) is 0 Å². The van der Waals surface area contributed by atoms with Gasteiger partial charge in [0.25, 0.3) is 0 Å². The minimum absolute atomic E-state index is 0.466. The van der Waals surface area contributed by atoms with Crippen molar-refractivity contribution in [1.82, 2.24) is 5.43 Å². The summed E-state index contributed by atoms with van der Waals surface area (Å²) >= 11 is 0. The van der Waals surface area contributed by atoms with Crippen molar-refractivity contribution in [3.05, 3.63) is 11.6 Å². The summed E-state index contributed by atoms with van der Waals surface area (Å²) in [4.78, 5) is 0. The average Bonchev–Trinajstić information content (AvgIpc) is 2.34. The molecule has 1 atom stereocenters. The van der Waals surface area contributed by atoms with Gasteiger partial charge in [-0.1, -0.05) is 43.8 Å². The molecule has 0 aromatic rings. The maximum Gasteiger partial charge on any atom is 0.0447 e. The van der Waals surface area contributed by atoms with Gasteiger partial charge in [-0.25, -0.2) is 0 Å². The van der Waals surface area contributed by atoms with Crippen molar-refractivity contribution in [3.8, 4) is 0 Å². The number of hydrazine groups is 1. The van der Waals surface area contributed by atoms with Crippen molar-refractivity contribution < 1.29 is 0 Å². The molecule has 0 heterocycles. The second-order valence-electron chi connectivity index (χ2n) is 5.77. The molecule has 98 valence electrons. The molecule has 1 unspecified atom stereocenters. The molecule has 2 rings (SSSR count). The van der Waals surface area contributed by atoms with E-state index in [1.54, 1.807) is 5.57 Å². The van der Waals surface area contributed by atoms with Crippen LogP contribution in [-0.2, 0) is 0 Å². The van der Waals surface area contributed by atoms with Crippen molar-refractivity contribution in [3.63, 3.8) is 0 Å². The van der Waals surface area contributed by atoms with Crippen LogP contribution in [0.3, 0.4) is 0 Å². The zero-order valence-electron chi connectivity index (χ0n) is 11.1. The smallest absolute Gasteiger partial charge is 0.0447 e. The molecular weight excluding hydrogens is 208 g/mol. The fourth-order valence-electron chi connectivity index (χ4n) is 3.51. The van der Waals surface area contributed by atoms with E-state index in [1.807, 2.05) is 0 Å². The van der Waals surface area contributed by atoms with Crippen molar-refractivity contribution in [2.45, 2.75) is 76.7 Å². The van der Waals surface area contributed by atoms with Gasteiger partial charge < -0.3 is 0 Å². The van der Waals surface area contributed by atoms with E-state index in [4.69, 9.17) is 5.84 Å². The van der Waals surface area contributed by atoms with Gasteiger partial charge in [0.15, 0.2) is 0 Å². The number of allylic oxidation sites excluding steroid dienone is 1. The summed E-state index contributed by atoms with van der Waals surface area (Å²) in [5, 5.41) is 0. The third-order valence-corrected chi connectivity index (χ3v) is 4.53. The summed E-state index contributed by atoms with van der Waals surface area (Å²) in [5.41, 5.74) is 4.73. The van der Waals surface area contributed by atoms with Crippen LogP contribution in [0.15, 0.2) is 11.6 Å². The van der Waals surface area contributed by atoms with Crippen molar-refractivity contribution in [2.24, 2.45) is 11.8 Å². The minimum atomic E-state index is 0.466. The van der Waals surface area contributed by atoms with Crippen molar-refractivity contribution in [2.75, 3.05) is 0 Å². The van der Waals surface area contributed by atoms with Crippen LogP contribution in [0.1, 0.15) is 70.6 Å². The number of hydrogen-bond donors (Lipinski definition) is 2. The van der Waals surface area contributed by atoms with Crippen LogP contribution >= 0.6 is 0 Å². The van der Waals surface area contributed by atoms with Crippen LogP contribution < -0.4 is 11.3 Å². The van der Waals surface area contributed by atoms with Crippen LogP contribution in [-0.4, -0.2) is 6.04 Å². The first-order chi connectivity index (χ1) is 8.42. The molecule has 0 spiro atoms. The molecule has 2 aliphatic rings. The van der Waals surface area contributed by atoms with Gasteiger partial charge in [-0.15, -0.1) is 0 Å². The molecule has 3 N–H and O–H groups in total. The Balaban J connectivity index is 1.98. The normalized spacial score (nSPS) is 25.8. The summed E-state index contributed by atoms with van der Waals surface area (Å²) in [6.45, 7) is 0. The van der Waals surface area contributed by atoms with Gasteiger partial charge in [0.2, 0.25) is 0 Å². The van der Waals surface area contributed by atoms with Crippen LogP contribution in [0.2, 0.25) is 0 Å².